The summed E-state index contributed by atoms with van der Waals surface area (Å²) in [6.07, 6.45) is 1.45. The Morgan fingerprint density at radius 1 is 1.39 bits per heavy atom. The molecule has 0 aliphatic carbocycles. The van der Waals surface area contributed by atoms with Gasteiger partial charge in [-0.2, -0.15) is 0 Å². The van der Waals surface area contributed by atoms with Crippen LogP contribution < -0.4 is 0 Å². The van der Waals surface area contributed by atoms with Crippen LogP contribution in [0.4, 0.5) is 4.39 Å². The van der Waals surface area contributed by atoms with E-state index >= 15 is 0 Å². The molecular formula is C13H17FO3S. The van der Waals surface area contributed by atoms with Crippen molar-refractivity contribution in [3.8, 4) is 0 Å². The molecule has 0 saturated carbocycles. The number of alkyl halides is 1. The topological polar surface area (TPSA) is 43.4 Å². The van der Waals surface area contributed by atoms with Gasteiger partial charge in [0, 0.05) is 13.0 Å². The smallest absolute Gasteiger partial charge is 0.210 e. The van der Waals surface area contributed by atoms with Crippen LogP contribution >= 0.6 is 0 Å². The molecule has 1 saturated heterocycles. The van der Waals surface area contributed by atoms with Crippen molar-refractivity contribution in [2.24, 2.45) is 0 Å². The molecule has 1 fully saturated rings. The van der Waals surface area contributed by atoms with Crippen LogP contribution in [-0.2, 0) is 14.6 Å². The maximum atomic E-state index is 14.1. The Hall–Kier alpha value is -0.940. The Morgan fingerprint density at radius 2 is 2.06 bits per heavy atom. The Labute approximate surface area is 107 Å². The molecule has 2 rings (SSSR count). The molecule has 100 valence electrons. The van der Waals surface area contributed by atoms with Crippen LogP contribution in [0.3, 0.4) is 0 Å². The third-order valence-electron chi connectivity index (χ3n) is 3.30. The number of ether oxygens (including phenoxy) is 1. The molecule has 1 aliphatic heterocycles. The third kappa shape index (κ3) is 2.72. The fourth-order valence-corrected chi connectivity index (χ4v) is 3.61. The first-order chi connectivity index (χ1) is 8.44. The highest BCUT2D eigenvalue weighted by molar-refractivity contribution is 7.91. The average molecular weight is 272 g/mol. The first-order valence-electron chi connectivity index (χ1n) is 6.01. The van der Waals surface area contributed by atoms with Gasteiger partial charge in [0.15, 0.2) is 0 Å². The average Bonchev–Trinajstić information content (AvgIpc) is 2.77. The molecule has 1 aliphatic rings. The summed E-state index contributed by atoms with van der Waals surface area (Å²) in [5.74, 6) is 0. The quantitative estimate of drug-likeness (QED) is 0.846. The Balaban J connectivity index is 2.16. The van der Waals surface area contributed by atoms with E-state index in [1.165, 1.54) is 12.1 Å². The molecule has 5 heteroatoms. The number of sulfone groups is 1. The van der Waals surface area contributed by atoms with Crippen LogP contribution in [0.1, 0.15) is 26.2 Å². The van der Waals surface area contributed by atoms with Crippen LogP contribution in [0.2, 0.25) is 0 Å². The second kappa shape index (κ2) is 4.97. The Morgan fingerprint density at radius 3 is 2.61 bits per heavy atom. The summed E-state index contributed by atoms with van der Waals surface area (Å²) >= 11 is 0. The van der Waals surface area contributed by atoms with E-state index in [-0.39, 0.29) is 11.3 Å². The first-order valence-corrected chi connectivity index (χ1v) is 7.56. The van der Waals surface area contributed by atoms with Gasteiger partial charge in [-0.15, -0.1) is 0 Å². The van der Waals surface area contributed by atoms with Gasteiger partial charge in [0.25, 0.3) is 0 Å². The van der Waals surface area contributed by atoms with Crippen LogP contribution in [0.15, 0.2) is 35.2 Å². The van der Waals surface area contributed by atoms with Crippen molar-refractivity contribution in [2.45, 2.75) is 42.2 Å². The van der Waals surface area contributed by atoms with Gasteiger partial charge in [-0.1, -0.05) is 18.2 Å². The van der Waals surface area contributed by atoms with E-state index in [2.05, 4.69) is 0 Å². The lowest BCUT2D eigenvalue weighted by Gasteiger charge is -2.24. The van der Waals surface area contributed by atoms with Crippen LogP contribution in [0.25, 0.3) is 0 Å². The van der Waals surface area contributed by atoms with Gasteiger partial charge in [0.05, 0.1) is 10.5 Å². The van der Waals surface area contributed by atoms with Gasteiger partial charge < -0.3 is 4.74 Å². The molecule has 0 amide bonds. The molecule has 0 N–H and O–H groups in total. The predicted molar refractivity (Wildman–Crippen MR) is 66.7 cm³/mol. The zero-order chi connectivity index (χ0) is 13.2. The molecule has 1 aromatic rings. The van der Waals surface area contributed by atoms with Crippen molar-refractivity contribution in [1.82, 2.24) is 0 Å². The number of benzene rings is 1. The van der Waals surface area contributed by atoms with Crippen molar-refractivity contribution < 1.29 is 17.5 Å². The minimum atomic E-state index is -3.91. The van der Waals surface area contributed by atoms with E-state index in [0.29, 0.717) is 13.0 Å². The summed E-state index contributed by atoms with van der Waals surface area (Å²) in [6.45, 7) is 2.35. The van der Waals surface area contributed by atoms with Gasteiger partial charge in [-0.25, -0.2) is 12.8 Å². The molecule has 2 unspecified atom stereocenters. The van der Waals surface area contributed by atoms with E-state index in [1.807, 2.05) is 0 Å². The summed E-state index contributed by atoms with van der Waals surface area (Å²) in [5, 5.41) is 0. The molecule has 18 heavy (non-hydrogen) atoms. The van der Waals surface area contributed by atoms with Gasteiger partial charge in [0.2, 0.25) is 15.3 Å². The zero-order valence-electron chi connectivity index (χ0n) is 10.3. The molecule has 3 nitrogen and oxygen atoms in total. The van der Waals surface area contributed by atoms with Crippen molar-refractivity contribution in [3.05, 3.63) is 30.3 Å². The van der Waals surface area contributed by atoms with Crippen LogP contribution in [-0.4, -0.2) is 26.1 Å². The minimum Gasteiger partial charge on any atom is -0.375 e. The highest BCUT2D eigenvalue weighted by Gasteiger charge is 2.38. The minimum absolute atomic E-state index is 0.0269. The molecule has 0 spiro atoms. The summed E-state index contributed by atoms with van der Waals surface area (Å²) in [6, 6.07) is 7.72. The maximum Gasteiger partial charge on any atom is 0.210 e. The van der Waals surface area contributed by atoms with Crippen LogP contribution in [0.5, 0.6) is 0 Å². The summed E-state index contributed by atoms with van der Waals surface area (Å²) < 4.78 is 43.6. The normalized spacial score (nSPS) is 26.1. The van der Waals surface area contributed by atoms with Gasteiger partial charge in [-0.3, -0.25) is 0 Å². The molecule has 1 heterocycles. The fraction of sp³-hybridized carbons (Fsp3) is 0.538. The van der Waals surface area contributed by atoms with Gasteiger partial charge >= 0.3 is 0 Å². The summed E-state index contributed by atoms with van der Waals surface area (Å²) in [4.78, 5) is 0.0269. The zero-order valence-corrected chi connectivity index (χ0v) is 11.1. The largest absolute Gasteiger partial charge is 0.375 e. The molecule has 1 aromatic carbocycles. The van der Waals surface area contributed by atoms with E-state index in [0.717, 1.165) is 6.42 Å². The van der Waals surface area contributed by atoms with Gasteiger partial charge in [0.1, 0.15) is 0 Å². The molecule has 0 aromatic heterocycles. The van der Waals surface area contributed by atoms with E-state index in [4.69, 9.17) is 4.74 Å². The SMILES string of the molecule is CC1(CC(F)S(=O)(=O)c2ccccc2)CCCO1. The van der Waals surface area contributed by atoms with Gasteiger partial charge in [-0.05, 0) is 31.9 Å². The molecule has 2 atom stereocenters. The summed E-state index contributed by atoms with van der Waals surface area (Å²) in [7, 11) is -3.91. The number of halogens is 1. The van der Waals surface area contributed by atoms with Crippen molar-refractivity contribution >= 4 is 9.84 Å². The number of rotatable bonds is 4. The highest BCUT2D eigenvalue weighted by atomic mass is 32.2. The highest BCUT2D eigenvalue weighted by Crippen LogP contribution is 2.33. The second-order valence-corrected chi connectivity index (χ2v) is 6.95. The van der Waals surface area contributed by atoms with Crippen molar-refractivity contribution in [2.75, 3.05) is 6.61 Å². The van der Waals surface area contributed by atoms with Crippen molar-refractivity contribution in [1.29, 1.82) is 0 Å². The lowest BCUT2D eigenvalue weighted by atomic mass is 10.00. The first kappa shape index (κ1) is 13.5. The lowest BCUT2D eigenvalue weighted by molar-refractivity contribution is 0.00422. The van der Waals surface area contributed by atoms with Crippen LogP contribution in [0, 0.1) is 0 Å². The lowest BCUT2D eigenvalue weighted by Crippen LogP contribution is -2.31. The van der Waals surface area contributed by atoms with E-state index < -0.39 is 20.9 Å². The molecular weight excluding hydrogens is 255 g/mol. The van der Waals surface area contributed by atoms with E-state index in [9.17, 15) is 12.8 Å². The number of hydrogen-bond acceptors (Lipinski definition) is 3. The molecule has 0 bridgehead atoms. The standard InChI is InChI=1S/C13H17FO3S/c1-13(8-5-9-17-13)10-12(14)18(15,16)11-6-3-2-4-7-11/h2-4,6-7,12H,5,8-10H2,1H3. The monoisotopic (exact) mass is 272 g/mol. The summed E-state index contributed by atoms with van der Waals surface area (Å²) in [5.41, 5.74) is -2.57. The van der Waals surface area contributed by atoms with E-state index in [1.54, 1.807) is 25.1 Å². The second-order valence-electron chi connectivity index (χ2n) is 4.87. The maximum absolute atomic E-state index is 14.1. The Kier molecular flexibility index (Phi) is 3.73. The predicted octanol–water partition coefficient (Wildman–Crippen LogP) is 2.72. The van der Waals surface area contributed by atoms with Crippen molar-refractivity contribution in [3.63, 3.8) is 0 Å². The molecule has 0 radical (unpaired) electrons. The Bertz CT molecular complexity index is 492. The number of hydrogen-bond donors (Lipinski definition) is 0. The fourth-order valence-electron chi connectivity index (χ4n) is 2.20. The third-order valence-corrected chi connectivity index (χ3v) is 5.07.